The number of carbonyl (C=O) groups excluding carboxylic acids is 1. The first-order chi connectivity index (χ1) is 17.8. The molecule has 0 aromatic heterocycles. The molecule has 0 heterocycles. The number of methoxy groups -OCH3 is 1. The fraction of sp³-hybridized carbons (Fsp3) is 0.406. The molecule has 1 aliphatic rings. The Morgan fingerprint density at radius 3 is 2.16 bits per heavy atom. The summed E-state index contributed by atoms with van der Waals surface area (Å²) in [5, 5.41) is 7.57. The molecule has 3 aromatic carbocycles. The SMILES string of the molecule is CCO.COc1ccc2c(c1)[C@@H](C(=O)N(Cc1ccc(N(C)C)cc1)c1ccc(C(C)C)cc1)CCC2.Cl. The Morgan fingerprint density at radius 2 is 1.61 bits per heavy atom. The molecule has 1 amide bonds. The van der Waals surface area contributed by atoms with Crippen molar-refractivity contribution in [3.05, 3.63) is 89.0 Å². The average Bonchev–Trinajstić information content (AvgIpc) is 2.91. The number of aliphatic hydroxyl groups is 1. The molecule has 5 nitrogen and oxygen atoms in total. The van der Waals surface area contributed by atoms with Gasteiger partial charge in [-0.05, 0) is 90.8 Å². The van der Waals surface area contributed by atoms with E-state index in [9.17, 15) is 4.79 Å². The van der Waals surface area contributed by atoms with E-state index in [0.29, 0.717) is 12.5 Å². The molecule has 0 saturated heterocycles. The summed E-state index contributed by atoms with van der Waals surface area (Å²) < 4.78 is 5.49. The minimum Gasteiger partial charge on any atom is -0.497 e. The molecule has 4 rings (SSSR count). The molecule has 3 aromatic rings. The van der Waals surface area contributed by atoms with E-state index in [1.54, 1.807) is 14.0 Å². The van der Waals surface area contributed by atoms with Crippen molar-refractivity contribution in [3.8, 4) is 5.75 Å². The monoisotopic (exact) mass is 538 g/mol. The summed E-state index contributed by atoms with van der Waals surface area (Å²) in [5.74, 6) is 1.26. The standard InChI is InChI=1S/C30H36N2O2.C2H6O.ClH/c1-21(2)23-11-16-26(17-12-23)32(20-22-9-14-25(15-10-22)31(3)4)30(33)28-8-6-7-24-13-18-27(34-5)19-29(24)28;1-2-3;/h9-19,21,28H,6-8,20H2,1-5H3;3H,2H2,1H3;1H/t28-;;/m0../s1. The van der Waals surface area contributed by atoms with Gasteiger partial charge >= 0.3 is 0 Å². The zero-order valence-corrected chi connectivity index (χ0v) is 24.4. The summed E-state index contributed by atoms with van der Waals surface area (Å²) in [6, 6.07) is 23.1. The molecular formula is C32H43ClN2O3. The van der Waals surface area contributed by atoms with Crippen molar-refractivity contribution in [2.24, 2.45) is 0 Å². The van der Waals surface area contributed by atoms with Gasteiger partial charge in [0.05, 0.1) is 19.6 Å². The van der Waals surface area contributed by atoms with Gasteiger partial charge in [0, 0.05) is 32.1 Å². The maximum absolute atomic E-state index is 14.1. The van der Waals surface area contributed by atoms with Crippen LogP contribution in [0.3, 0.4) is 0 Å². The molecule has 6 heteroatoms. The van der Waals surface area contributed by atoms with Crippen LogP contribution in [0.25, 0.3) is 0 Å². The number of fused-ring (bicyclic) bond motifs is 1. The predicted octanol–water partition coefficient (Wildman–Crippen LogP) is 6.96. The highest BCUT2D eigenvalue weighted by atomic mass is 35.5. The highest BCUT2D eigenvalue weighted by Crippen LogP contribution is 2.37. The fourth-order valence-electron chi connectivity index (χ4n) is 4.77. The lowest BCUT2D eigenvalue weighted by atomic mass is 9.81. The summed E-state index contributed by atoms with van der Waals surface area (Å²) in [6.45, 7) is 6.86. The number of amides is 1. The highest BCUT2D eigenvalue weighted by molar-refractivity contribution is 5.98. The van der Waals surface area contributed by atoms with Crippen LogP contribution in [-0.2, 0) is 17.8 Å². The van der Waals surface area contributed by atoms with Crippen molar-refractivity contribution in [3.63, 3.8) is 0 Å². The van der Waals surface area contributed by atoms with Crippen LogP contribution in [0.2, 0.25) is 0 Å². The van der Waals surface area contributed by atoms with Crippen LogP contribution in [0.1, 0.15) is 67.7 Å². The Balaban J connectivity index is 0.00000121. The third-order valence-electron chi connectivity index (χ3n) is 6.90. The number of hydrogen-bond acceptors (Lipinski definition) is 4. The van der Waals surface area contributed by atoms with Gasteiger partial charge in [-0.15, -0.1) is 12.4 Å². The molecule has 0 unspecified atom stereocenters. The number of aryl methyl sites for hydroxylation is 1. The lowest BCUT2D eigenvalue weighted by Gasteiger charge is -2.31. The van der Waals surface area contributed by atoms with Crippen molar-refractivity contribution in [1.29, 1.82) is 0 Å². The van der Waals surface area contributed by atoms with Gasteiger partial charge in [-0.3, -0.25) is 4.79 Å². The number of hydrogen-bond donors (Lipinski definition) is 1. The molecule has 1 aliphatic carbocycles. The van der Waals surface area contributed by atoms with Crippen LogP contribution in [0.5, 0.6) is 5.75 Å². The molecule has 1 atom stereocenters. The van der Waals surface area contributed by atoms with Gasteiger partial charge in [-0.2, -0.15) is 0 Å². The van der Waals surface area contributed by atoms with Gasteiger partial charge in [0.25, 0.3) is 0 Å². The summed E-state index contributed by atoms with van der Waals surface area (Å²) in [5.41, 5.74) is 6.86. The van der Waals surface area contributed by atoms with Crippen LogP contribution in [0, 0.1) is 0 Å². The average molecular weight is 539 g/mol. The number of ether oxygens (including phenoxy) is 1. The minimum atomic E-state index is -0.162. The Hall–Kier alpha value is -3.02. The molecule has 0 radical (unpaired) electrons. The van der Waals surface area contributed by atoms with Crippen LogP contribution in [0.15, 0.2) is 66.7 Å². The van der Waals surface area contributed by atoms with E-state index >= 15 is 0 Å². The number of carbonyl (C=O) groups is 1. The second-order valence-corrected chi connectivity index (χ2v) is 10.1. The molecule has 38 heavy (non-hydrogen) atoms. The van der Waals surface area contributed by atoms with E-state index in [1.165, 1.54) is 11.1 Å². The summed E-state index contributed by atoms with van der Waals surface area (Å²) in [7, 11) is 5.76. The Kier molecular flexibility index (Phi) is 12.1. The molecule has 0 spiro atoms. The lowest BCUT2D eigenvalue weighted by Crippen LogP contribution is -2.36. The quantitative estimate of drug-likeness (QED) is 0.353. The Labute approximate surface area is 234 Å². The zero-order chi connectivity index (χ0) is 26.9. The topological polar surface area (TPSA) is 53.0 Å². The van der Waals surface area contributed by atoms with Crippen molar-refractivity contribution in [2.45, 2.75) is 58.4 Å². The van der Waals surface area contributed by atoms with Gasteiger partial charge in [-0.1, -0.05) is 44.2 Å². The summed E-state index contributed by atoms with van der Waals surface area (Å²) in [4.78, 5) is 18.2. The number of nitrogens with zero attached hydrogens (tertiary/aromatic N) is 2. The van der Waals surface area contributed by atoms with Crippen molar-refractivity contribution >= 4 is 29.7 Å². The first kappa shape index (κ1) is 31.2. The zero-order valence-electron chi connectivity index (χ0n) is 23.6. The number of rotatable bonds is 7. The normalized spacial score (nSPS) is 13.9. The number of benzene rings is 3. The molecule has 1 N–H and O–H groups in total. The number of halogens is 1. The van der Waals surface area contributed by atoms with Gasteiger partial charge in [0.1, 0.15) is 5.75 Å². The van der Waals surface area contributed by atoms with Gasteiger partial charge in [0.2, 0.25) is 5.91 Å². The smallest absolute Gasteiger partial charge is 0.234 e. The molecule has 206 valence electrons. The van der Waals surface area contributed by atoms with Crippen molar-refractivity contribution in [1.82, 2.24) is 0 Å². The first-order valence-electron chi connectivity index (χ1n) is 13.2. The Morgan fingerprint density at radius 1 is 1.00 bits per heavy atom. The molecular weight excluding hydrogens is 496 g/mol. The molecule has 0 fully saturated rings. The van der Waals surface area contributed by atoms with Crippen LogP contribution >= 0.6 is 12.4 Å². The molecule has 0 bridgehead atoms. The summed E-state index contributed by atoms with van der Waals surface area (Å²) in [6.07, 6.45) is 2.89. The van der Waals surface area contributed by atoms with E-state index in [2.05, 4.69) is 79.4 Å². The van der Waals surface area contributed by atoms with E-state index in [1.807, 2.05) is 25.1 Å². The predicted molar refractivity (Wildman–Crippen MR) is 161 cm³/mol. The van der Waals surface area contributed by atoms with Crippen molar-refractivity contribution < 1.29 is 14.6 Å². The van der Waals surface area contributed by atoms with E-state index in [4.69, 9.17) is 9.84 Å². The van der Waals surface area contributed by atoms with Gasteiger partial charge < -0.3 is 19.6 Å². The minimum absolute atomic E-state index is 0. The lowest BCUT2D eigenvalue weighted by molar-refractivity contribution is -0.120. The third-order valence-corrected chi connectivity index (χ3v) is 6.90. The number of anilines is 2. The molecule has 0 aliphatic heterocycles. The second-order valence-electron chi connectivity index (χ2n) is 10.1. The van der Waals surface area contributed by atoms with Crippen LogP contribution < -0.4 is 14.5 Å². The number of aliphatic hydroxyl groups excluding tert-OH is 1. The van der Waals surface area contributed by atoms with Gasteiger partial charge in [0.15, 0.2) is 0 Å². The molecule has 0 saturated carbocycles. The van der Waals surface area contributed by atoms with Gasteiger partial charge in [-0.25, -0.2) is 0 Å². The third kappa shape index (κ3) is 7.75. The van der Waals surface area contributed by atoms with E-state index in [-0.39, 0.29) is 30.8 Å². The van der Waals surface area contributed by atoms with Crippen LogP contribution in [0.4, 0.5) is 11.4 Å². The Bertz CT molecular complexity index is 1140. The van der Waals surface area contributed by atoms with E-state index < -0.39 is 0 Å². The maximum Gasteiger partial charge on any atom is 0.234 e. The van der Waals surface area contributed by atoms with Crippen molar-refractivity contribution in [2.75, 3.05) is 37.6 Å². The summed E-state index contributed by atoms with van der Waals surface area (Å²) >= 11 is 0. The fourth-order valence-corrected chi connectivity index (χ4v) is 4.77. The largest absolute Gasteiger partial charge is 0.497 e. The second kappa shape index (κ2) is 14.8. The maximum atomic E-state index is 14.1. The first-order valence-corrected chi connectivity index (χ1v) is 13.2. The highest BCUT2D eigenvalue weighted by Gasteiger charge is 2.31. The van der Waals surface area contributed by atoms with E-state index in [0.717, 1.165) is 47.5 Å². The van der Waals surface area contributed by atoms with Crippen LogP contribution in [-0.4, -0.2) is 38.8 Å².